The van der Waals surface area contributed by atoms with E-state index in [-0.39, 0.29) is 5.91 Å². The highest BCUT2D eigenvalue weighted by Gasteiger charge is 2.15. The van der Waals surface area contributed by atoms with Gasteiger partial charge >= 0.3 is 0 Å². The second kappa shape index (κ2) is 6.90. The molecule has 0 saturated carbocycles. The van der Waals surface area contributed by atoms with Gasteiger partial charge < -0.3 is 10.1 Å². The summed E-state index contributed by atoms with van der Waals surface area (Å²) in [5.74, 6) is 0.187. The number of carbonyl (C=O) groups excluding carboxylic acids is 2. The van der Waals surface area contributed by atoms with Crippen LogP contribution >= 0.6 is 11.6 Å². The van der Waals surface area contributed by atoms with Gasteiger partial charge in [-0.1, -0.05) is 23.7 Å². The van der Waals surface area contributed by atoms with Crippen LogP contribution < -0.4 is 10.1 Å². The monoisotopic (exact) mass is 303 g/mol. The molecule has 0 heterocycles. The minimum absolute atomic E-state index is 0.283. The summed E-state index contributed by atoms with van der Waals surface area (Å²) in [4.78, 5) is 22.7. The van der Waals surface area contributed by atoms with Gasteiger partial charge in [0.1, 0.15) is 12.0 Å². The number of anilines is 1. The van der Waals surface area contributed by atoms with Gasteiger partial charge in [-0.15, -0.1) is 0 Å². The molecule has 0 radical (unpaired) electrons. The summed E-state index contributed by atoms with van der Waals surface area (Å²) in [5, 5.41) is 3.33. The van der Waals surface area contributed by atoms with E-state index < -0.39 is 6.10 Å². The zero-order valence-corrected chi connectivity index (χ0v) is 12.1. The van der Waals surface area contributed by atoms with E-state index in [1.54, 1.807) is 55.5 Å². The highest BCUT2D eigenvalue weighted by Crippen LogP contribution is 2.16. The van der Waals surface area contributed by atoms with E-state index in [9.17, 15) is 9.59 Å². The van der Waals surface area contributed by atoms with E-state index in [0.29, 0.717) is 22.0 Å². The lowest BCUT2D eigenvalue weighted by Gasteiger charge is -2.15. The Hall–Kier alpha value is -2.33. The highest BCUT2D eigenvalue weighted by molar-refractivity contribution is 6.30. The Morgan fingerprint density at radius 1 is 1.24 bits per heavy atom. The molecule has 1 amide bonds. The smallest absolute Gasteiger partial charge is 0.265 e. The van der Waals surface area contributed by atoms with Crippen molar-refractivity contribution in [2.45, 2.75) is 13.0 Å². The first-order valence-electron chi connectivity index (χ1n) is 6.37. The fraction of sp³-hybridized carbons (Fsp3) is 0.125. The molecular weight excluding hydrogens is 290 g/mol. The summed E-state index contributed by atoms with van der Waals surface area (Å²) in [5.41, 5.74) is 1.14. The van der Waals surface area contributed by atoms with Crippen LogP contribution in [0.2, 0.25) is 5.02 Å². The fourth-order valence-corrected chi connectivity index (χ4v) is 1.82. The number of rotatable bonds is 5. The second-order valence-electron chi connectivity index (χ2n) is 4.45. The first-order chi connectivity index (χ1) is 10.1. The van der Waals surface area contributed by atoms with E-state index in [2.05, 4.69) is 5.32 Å². The average molecular weight is 304 g/mol. The van der Waals surface area contributed by atoms with Crippen LogP contribution in [0.3, 0.4) is 0 Å². The number of amides is 1. The first kappa shape index (κ1) is 15.1. The maximum absolute atomic E-state index is 12.0. The van der Waals surface area contributed by atoms with E-state index in [0.717, 1.165) is 6.29 Å². The molecule has 0 spiro atoms. The third-order valence-electron chi connectivity index (χ3n) is 2.79. The van der Waals surface area contributed by atoms with E-state index in [4.69, 9.17) is 16.3 Å². The van der Waals surface area contributed by atoms with Gasteiger partial charge in [0, 0.05) is 16.3 Å². The molecule has 0 aliphatic carbocycles. The third kappa shape index (κ3) is 4.33. The van der Waals surface area contributed by atoms with E-state index in [1.807, 2.05) is 0 Å². The van der Waals surface area contributed by atoms with Crippen molar-refractivity contribution in [3.8, 4) is 5.75 Å². The number of aldehydes is 1. The zero-order chi connectivity index (χ0) is 15.2. The summed E-state index contributed by atoms with van der Waals surface area (Å²) in [6.45, 7) is 1.64. The molecule has 21 heavy (non-hydrogen) atoms. The van der Waals surface area contributed by atoms with Crippen LogP contribution in [0, 0.1) is 0 Å². The maximum atomic E-state index is 12.0. The zero-order valence-electron chi connectivity index (χ0n) is 11.4. The number of halogens is 1. The Morgan fingerprint density at radius 2 is 1.95 bits per heavy atom. The Morgan fingerprint density at radius 3 is 2.62 bits per heavy atom. The average Bonchev–Trinajstić information content (AvgIpc) is 2.49. The van der Waals surface area contributed by atoms with E-state index >= 15 is 0 Å². The van der Waals surface area contributed by atoms with Crippen LogP contribution in [-0.4, -0.2) is 18.3 Å². The molecule has 0 fully saturated rings. The van der Waals surface area contributed by atoms with Crippen molar-refractivity contribution in [1.29, 1.82) is 0 Å². The first-order valence-corrected chi connectivity index (χ1v) is 6.74. The third-order valence-corrected chi connectivity index (χ3v) is 3.04. The number of carbonyl (C=O) groups is 2. The molecule has 0 bridgehead atoms. The van der Waals surface area contributed by atoms with E-state index in [1.165, 1.54) is 0 Å². The molecule has 1 N–H and O–H groups in total. The van der Waals surface area contributed by atoms with Gasteiger partial charge in [-0.3, -0.25) is 9.59 Å². The van der Waals surface area contributed by atoms with Crippen molar-refractivity contribution < 1.29 is 14.3 Å². The number of nitrogens with one attached hydrogen (secondary N) is 1. The second-order valence-corrected chi connectivity index (χ2v) is 4.88. The van der Waals surface area contributed by atoms with Crippen molar-refractivity contribution in [1.82, 2.24) is 0 Å². The highest BCUT2D eigenvalue weighted by atomic mass is 35.5. The molecule has 5 heteroatoms. The predicted octanol–water partition coefficient (Wildman–Crippen LogP) is 3.56. The summed E-state index contributed by atoms with van der Waals surface area (Å²) >= 11 is 5.78. The van der Waals surface area contributed by atoms with Crippen molar-refractivity contribution in [2.24, 2.45) is 0 Å². The number of hydrogen-bond acceptors (Lipinski definition) is 3. The fourth-order valence-electron chi connectivity index (χ4n) is 1.70. The Labute approximate surface area is 127 Å². The maximum Gasteiger partial charge on any atom is 0.265 e. The van der Waals surface area contributed by atoms with Gasteiger partial charge in [0.15, 0.2) is 6.10 Å². The lowest BCUT2D eigenvalue weighted by atomic mass is 10.2. The Balaban J connectivity index is 1.98. The standard InChI is InChI=1S/C16H14ClNO3/c1-11(21-15-4-2-3-12(9-15)10-19)16(20)18-14-7-5-13(17)6-8-14/h2-11H,1H3,(H,18,20)/t11-/m0/s1. The summed E-state index contributed by atoms with van der Waals surface area (Å²) in [7, 11) is 0. The molecule has 0 aromatic heterocycles. The minimum atomic E-state index is -0.692. The topological polar surface area (TPSA) is 55.4 Å². The molecular formula is C16H14ClNO3. The Kier molecular flexibility index (Phi) is 4.95. The molecule has 4 nitrogen and oxygen atoms in total. The van der Waals surface area contributed by atoms with Gasteiger partial charge in [0.05, 0.1) is 0 Å². The predicted molar refractivity (Wildman–Crippen MR) is 82.0 cm³/mol. The molecule has 0 unspecified atom stereocenters. The largest absolute Gasteiger partial charge is 0.481 e. The number of benzene rings is 2. The molecule has 108 valence electrons. The Bertz CT molecular complexity index is 640. The molecule has 2 aromatic rings. The molecule has 0 aliphatic heterocycles. The van der Waals surface area contributed by atoms with Crippen LogP contribution in [0.1, 0.15) is 17.3 Å². The quantitative estimate of drug-likeness (QED) is 0.859. The van der Waals surface area contributed by atoms with Crippen molar-refractivity contribution in [2.75, 3.05) is 5.32 Å². The van der Waals surface area contributed by atoms with Crippen molar-refractivity contribution in [3.05, 3.63) is 59.1 Å². The molecule has 2 aromatic carbocycles. The van der Waals surface area contributed by atoms with Crippen LogP contribution in [0.25, 0.3) is 0 Å². The summed E-state index contributed by atoms with van der Waals surface area (Å²) in [6.07, 6.45) is 0.0354. The van der Waals surface area contributed by atoms with Crippen LogP contribution in [-0.2, 0) is 4.79 Å². The van der Waals surface area contributed by atoms with Crippen LogP contribution in [0.5, 0.6) is 5.75 Å². The van der Waals surface area contributed by atoms with Gasteiger partial charge in [-0.25, -0.2) is 0 Å². The van der Waals surface area contributed by atoms with Crippen molar-refractivity contribution in [3.63, 3.8) is 0 Å². The SMILES string of the molecule is C[C@H](Oc1cccc(C=O)c1)C(=O)Nc1ccc(Cl)cc1. The lowest BCUT2D eigenvalue weighted by Crippen LogP contribution is -2.30. The molecule has 0 aliphatic rings. The molecule has 0 saturated heterocycles. The summed E-state index contributed by atoms with van der Waals surface area (Å²) < 4.78 is 5.52. The van der Waals surface area contributed by atoms with Gasteiger partial charge in [-0.05, 0) is 43.3 Å². The van der Waals surface area contributed by atoms with Crippen LogP contribution in [0.15, 0.2) is 48.5 Å². The lowest BCUT2D eigenvalue weighted by molar-refractivity contribution is -0.122. The van der Waals surface area contributed by atoms with Gasteiger partial charge in [0.25, 0.3) is 5.91 Å². The van der Waals surface area contributed by atoms with Crippen LogP contribution in [0.4, 0.5) is 5.69 Å². The molecule has 2 rings (SSSR count). The molecule has 1 atom stereocenters. The van der Waals surface area contributed by atoms with Gasteiger partial charge in [0.2, 0.25) is 0 Å². The van der Waals surface area contributed by atoms with Gasteiger partial charge in [-0.2, -0.15) is 0 Å². The summed E-state index contributed by atoms with van der Waals surface area (Å²) in [6, 6.07) is 13.4. The normalized spacial score (nSPS) is 11.5. The minimum Gasteiger partial charge on any atom is -0.481 e. The van der Waals surface area contributed by atoms with Crippen molar-refractivity contribution >= 4 is 29.5 Å². The number of hydrogen-bond donors (Lipinski definition) is 1. The number of ether oxygens (including phenoxy) is 1.